The molecule has 88 valence electrons. The van der Waals surface area contributed by atoms with Gasteiger partial charge in [-0.2, -0.15) is 0 Å². The summed E-state index contributed by atoms with van der Waals surface area (Å²) in [5, 5.41) is 0. The molecule has 2 rings (SSSR count). The summed E-state index contributed by atoms with van der Waals surface area (Å²) >= 11 is 0. The fraction of sp³-hybridized carbons (Fsp3) is 1.00. The molecule has 0 atom stereocenters. The van der Waals surface area contributed by atoms with E-state index in [1.54, 1.807) is 0 Å². The minimum Gasteiger partial charge on any atom is -0.328 e. The Kier molecular flexibility index (Phi) is 3.62. The third kappa shape index (κ3) is 3.15. The second-order valence-electron chi connectivity index (χ2n) is 5.33. The van der Waals surface area contributed by atoms with Gasteiger partial charge in [-0.15, -0.1) is 0 Å². The average molecular weight is 214 g/mol. The highest BCUT2D eigenvalue weighted by atomic mass is 19.1. The molecule has 0 aromatic rings. The highest BCUT2D eigenvalue weighted by Gasteiger charge is 2.34. The molecule has 15 heavy (non-hydrogen) atoms. The van der Waals surface area contributed by atoms with Crippen molar-refractivity contribution in [1.29, 1.82) is 0 Å². The molecule has 2 fully saturated rings. The van der Waals surface area contributed by atoms with Crippen LogP contribution < -0.4 is 5.73 Å². The van der Waals surface area contributed by atoms with E-state index < -0.39 is 5.67 Å². The van der Waals surface area contributed by atoms with Gasteiger partial charge in [0.2, 0.25) is 0 Å². The largest absolute Gasteiger partial charge is 0.328 e. The Bertz CT molecular complexity index is 194. The van der Waals surface area contributed by atoms with E-state index in [1.807, 2.05) is 0 Å². The molecule has 1 aliphatic heterocycles. The number of halogens is 1. The minimum absolute atomic E-state index is 0.350. The molecule has 0 spiro atoms. The lowest BCUT2D eigenvalue weighted by atomic mass is 9.85. The van der Waals surface area contributed by atoms with Crippen molar-refractivity contribution in [3.05, 3.63) is 0 Å². The summed E-state index contributed by atoms with van der Waals surface area (Å²) in [6, 6.07) is 0.350. The Morgan fingerprint density at radius 2 is 1.73 bits per heavy atom. The first-order valence-corrected chi connectivity index (χ1v) is 6.35. The summed E-state index contributed by atoms with van der Waals surface area (Å²) < 4.78 is 14.4. The minimum atomic E-state index is -0.889. The number of piperidine rings is 1. The van der Waals surface area contributed by atoms with Crippen LogP contribution in [0.2, 0.25) is 0 Å². The predicted octanol–water partition coefficient (Wildman–Crippen LogP) is 2.08. The lowest BCUT2D eigenvalue weighted by Gasteiger charge is -2.37. The van der Waals surface area contributed by atoms with Gasteiger partial charge in [-0.05, 0) is 38.8 Å². The maximum absolute atomic E-state index is 14.4. The second kappa shape index (κ2) is 4.79. The van der Waals surface area contributed by atoms with Crippen LogP contribution in [0.5, 0.6) is 0 Å². The number of alkyl halides is 1. The van der Waals surface area contributed by atoms with E-state index in [2.05, 4.69) is 4.90 Å². The summed E-state index contributed by atoms with van der Waals surface area (Å²) in [6.45, 7) is 2.64. The Labute approximate surface area is 92.0 Å². The van der Waals surface area contributed by atoms with Gasteiger partial charge in [0.25, 0.3) is 0 Å². The zero-order chi connectivity index (χ0) is 10.7. The number of likely N-dealkylation sites (tertiary alicyclic amines) is 1. The normalized spacial score (nSPS) is 29.2. The summed E-state index contributed by atoms with van der Waals surface area (Å²) in [7, 11) is 0. The summed E-state index contributed by atoms with van der Waals surface area (Å²) in [6.07, 6.45) is 6.99. The van der Waals surface area contributed by atoms with Gasteiger partial charge >= 0.3 is 0 Å². The SMILES string of the molecule is NC1CCN(CC2(F)CCCCC2)CC1. The summed E-state index contributed by atoms with van der Waals surface area (Å²) in [4.78, 5) is 2.27. The van der Waals surface area contributed by atoms with Crippen LogP contribution in [0.4, 0.5) is 4.39 Å². The maximum Gasteiger partial charge on any atom is 0.123 e. The van der Waals surface area contributed by atoms with Gasteiger partial charge in [-0.25, -0.2) is 4.39 Å². The Balaban J connectivity index is 1.80. The Morgan fingerprint density at radius 1 is 1.13 bits per heavy atom. The molecule has 0 bridgehead atoms. The summed E-state index contributed by atoms with van der Waals surface area (Å²) in [5.41, 5.74) is 4.95. The number of hydrogen-bond donors (Lipinski definition) is 1. The highest BCUT2D eigenvalue weighted by Crippen LogP contribution is 2.33. The Hall–Kier alpha value is -0.150. The first-order chi connectivity index (χ1) is 7.18. The Morgan fingerprint density at radius 3 is 2.33 bits per heavy atom. The van der Waals surface area contributed by atoms with Crippen molar-refractivity contribution in [2.45, 2.75) is 56.7 Å². The molecule has 2 N–H and O–H groups in total. The van der Waals surface area contributed by atoms with Crippen LogP contribution in [-0.4, -0.2) is 36.2 Å². The van der Waals surface area contributed by atoms with Crippen molar-refractivity contribution in [2.24, 2.45) is 5.73 Å². The number of hydrogen-bond acceptors (Lipinski definition) is 2. The number of nitrogens with two attached hydrogens (primary N) is 1. The molecular formula is C12H23FN2. The lowest BCUT2D eigenvalue weighted by Crippen LogP contribution is -2.47. The molecule has 2 nitrogen and oxygen atoms in total. The van der Waals surface area contributed by atoms with Gasteiger partial charge in [-0.3, -0.25) is 0 Å². The third-order valence-corrected chi connectivity index (χ3v) is 3.89. The molecule has 1 heterocycles. The van der Waals surface area contributed by atoms with Crippen LogP contribution in [0.25, 0.3) is 0 Å². The first kappa shape index (κ1) is 11.3. The van der Waals surface area contributed by atoms with Crippen LogP contribution in [0.1, 0.15) is 44.9 Å². The van der Waals surface area contributed by atoms with Gasteiger partial charge in [0.05, 0.1) is 0 Å². The molecule has 1 aliphatic carbocycles. The van der Waals surface area contributed by atoms with Gasteiger partial charge in [0.1, 0.15) is 5.67 Å². The van der Waals surface area contributed by atoms with Gasteiger partial charge in [0, 0.05) is 12.6 Å². The van der Waals surface area contributed by atoms with E-state index in [-0.39, 0.29) is 0 Å². The van der Waals surface area contributed by atoms with Crippen LogP contribution in [-0.2, 0) is 0 Å². The quantitative estimate of drug-likeness (QED) is 0.762. The average Bonchev–Trinajstić information content (AvgIpc) is 2.22. The molecule has 0 amide bonds. The fourth-order valence-electron chi connectivity index (χ4n) is 2.86. The van der Waals surface area contributed by atoms with Gasteiger partial charge in [0.15, 0.2) is 0 Å². The van der Waals surface area contributed by atoms with Crippen molar-refractivity contribution >= 4 is 0 Å². The molecule has 1 saturated carbocycles. The molecule has 0 aromatic carbocycles. The smallest absolute Gasteiger partial charge is 0.123 e. The van der Waals surface area contributed by atoms with Crippen LogP contribution in [0, 0.1) is 0 Å². The van der Waals surface area contributed by atoms with Crippen molar-refractivity contribution < 1.29 is 4.39 Å². The molecule has 0 unspecified atom stereocenters. The van der Waals surface area contributed by atoms with Gasteiger partial charge in [-0.1, -0.05) is 19.3 Å². The zero-order valence-corrected chi connectivity index (χ0v) is 9.55. The van der Waals surface area contributed by atoms with Crippen LogP contribution >= 0.6 is 0 Å². The van der Waals surface area contributed by atoms with E-state index in [9.17, 15) is 4.39 Å². The van der Waals surface area contributed by atoms with E-state index in [1.165, 1.54) is 6.42 Å². The standard InChI is InChI=1S/C12H23FN2/c13-12(6-2-1-3-7-12)10-15-8-4-11(14)5-9-15/h11H,1-10,14H2. The summed E-state index contributed by atoms with van der Waals surface area (Å²) in [5.74, 6) is 0. The van der Waals surface area contributed by atoms with Crippen LogP contribution in [0.15, 0.2) is 0 Å². The molecule has 0 aromatic heterocycles. The number of rotatable bonds is 2. The van der Waals surface area contributed by atoms with Crippen molar-refractivity contribution in [1.82, 2.24) is 4.90 Å². The van der Waals surface area contributed by atoms with E-state index >= 15 is 0 Å². The third-order valence-electron chi connectivity index (χ3n) is 3.89. The molecule has 3 heteroatoms. The fourth-order valence-corrected chi connectivity index (χ4v) is 2.86. The zero-order valence-electron chi connectivity index (χ0n) is 9.55. The monoisotopic (exact) mass is 214 g/mol. The van der Waals surface area contributed by atoms with Crippen LogP contribution in [0.3, 0.4) is 0 Å². The second-order valence-corrected chi connectivity index (χ2v) is 5.33. The van der Waals surface area contributed by atoms with E-state index in [0.717, 1.165) is 51.6 Å². The molecule has 0 radical (unpaired) electrons. The molecular weight excluding hydrogens is 191 g/mol. The number of nitrogens with zero attached hydrogens (tertiary/aromatic N) is 1. The van der Waals surface area contributed by atoms with Gasteiger partial charge < -0.3 is 10.6 Å². The lowest BCUT2D eigenvalue weighted by molar-refractivity contribution is 0.0456. The first-order valence-electron chi connectivity index (χ1n) is 6.35. The van der Waals surface area contributed by atoms with E-state index in [0.29, 0.717) is 12.6 Å². The topological polar surface area (TPSA) is 29.3 Å². The maximum atomic E-state index is 14.4. The van der Waals surface area contributed by atoms with E-state index in [4.69, 9.17) is 5.73 Å². The molecule has 2 aliphatic rings. The highest BCUT2D eigenvalue weighted by molar-refractivity contribution is 4.88. The van der Waals surface area contributed by atoms with Crippen molar-refractivity contribution in [3.8, 4) is 0 Å². The van der Waals surface area contributed by atoms with Crippen molar-refractivity contribution in [2.75, 3.05) is 19.6 Å². The molecule has 1 saturated heterocycles. The van der Waals surface area contributed by atoms with Crippen molar-refractivity contribution in [3.63, 3.8) is 0 Å². The predicted molar refractivity (Wildman–Crippen MR) is 60.6 cm³/mol.